The minimum Gasteiger partial charge on any atom is -0.341 e. The third-order valence-electron chi connectivity index (χ3n) is 5.18. The molecule has 0 fully saturated rings. The Labute approximate surface area is 169 Å². The smallest absolute Gasteiger partial charge is 0.0568 e. The van der Waals surface area contributed by atoms with Crippen LogP contribution in [0.2, 0.25) is 0 Å². The summed E-state index contributed by atoms with van der Waals surface area (Å²) in [4.78, 5) is 2.30. The van der Waals surface area contributed by atoms with E-state index in [2.05, 4.69) is 107 Å². The molecule has 0 aliphatic rings. The standard InChI is InChI=1S/C25H31N3/c1-18(2)27(16-21-11-9-8-10-12-21)24-14-22(13-19(3)20(24)4)23-15-26-28(17-23)25(5,6)7/h8-15,17H,1,16H2,2-7H3. The lowest BCUT2D eigenvalue weighted by Gasteiger charge is -2.28. The Hall–Kier alpha value is -2.81. The molecule has 1 heterocycles. The van der Waals surface area contributed by atoms with E-state index >= 15 is 0 Å². The largest absolute Gasteiger partial charge is 0.341 e. The van der Waals surface area contributed by atoms with E-state index in [0.29, 0.717) is 0 Å². The molecule has 2 aromatic carbocycles. The average molecular weight is 374 g/mol. The number of allylic oxidation sites excluding steroid dienone is 1. The third-order valence-corrected chi connectivity index (χ3v) is 5.18. The van der Waals surface area contributed by atoms with Gasteiger partial charge in [-0.25, -0.2) is 0 Å². The Bertz CT molecular complexity index is 975. The molecule has 28 heavy (non-hydrogen) atoms. The second-order valence-corrected chi connectivity index (χ2v) is 8.59. The van der Waals surface area contributed by atoms with Crippen molar-refractivity contribution in [2.75, 3.05) is 4.90 Å². The van der Waals surface area contributed by atoms with E-state index in [4.69, 9.17) is 0 Å². The predicted octanol–water partition coefficient (Wildman–Crippen LogP) is 6.46. The molecule has 0 aliphatic carbocycles. The second-order valence-electron chi connectivity index (χ2n) is 8.59. The van der Waals surface area contributed by atoms with E-state index in [1.807, 2.05) is 10.9 Å². The number of aromatic nitrogens is 2. The molecule has 0 amide bonds. The Morgan fingerprint density at radius 3 is 2.32 bits per heavy atom. The average Bonchev–Trinajstić information content (AvgIpc) is 3.13. The topological polar surface area (TPSA) is 21.1 Å². The van der Waals surface area contributed by atoms with E-state index in [0.717, 1.165) is 17.8 Å². The van der Waals surface area contributed by atoms with Gasteiger partial charge in [-0.1, -0.05) is 43.0 Å². The van der Waals surface area contributed by atoms with Gasteiger partial charge in [0, 0.05) is 29.7 Å². The van der Waals surface area contributed by atoms with Crippen molar-refractivity contribution in [3.8, 4) is 11.1 Å². The highest BCUT2D eigenvalue weighted by atomic mass is 15.3. The van der Waals surface area contributed by atoms with Crippen LogP contribution in [-0.2, 0) is 12.1 Å². The van der Waals surface area contributed by atoms with Gasteiger partial charge < -0.3 is 4.90 Å². The van der Waals surface area contributed by atoms with Crippen molar-refractivity contribution < 1.29 is 0 Å². The maximum absolute atomic E-state index is 4.58. The summed E-state index contributed by atoms with van der Waals surface area (Å²) in [5, 5.41) is 4.58. The monoisotopic (exact) mass is 373 g/mol. The SMILES string of the molecule is C=C(C)N(Cc1ccccc1)c1cc(-c2cnn(C(C)(C)C)c2)cc(C)c1C. The zero-order valence-corrected chi connectivity index (χ0v) is 18.0. The molecule has 0 saturated heterocycles. The van der Waals surface area contributed by atoms with Crippen LogP contribution in [0.5, 0.6) is 0 Å². The fourth-order valence-electron chi connectivity index (χ4n) is 3.32. The molecule has 3 rings (SSSR count). The molecular formula is C25H31N3. The first kappa shape index (κ1) is 19.9. The zero-order valence-electron chi connectivity index (χ0n) is 18.0. The van der Waals surface area contributed by atoms with Gasteiger partial charge in [-0.15, -0.1) is 0 Å². The van der Waals surface area contributed by atoms with Gasteiger partial charge in [0.05, 0.1) is 11.7 Å². The van der Waals surface area contributed by atoms with Gasteiger partial charge in [0.1, 0.15) is 0 Å². The molecule has 0 unspecified atom stereocenters. The van der Waals surface area contributed by atoms with Crippen LogP contribution in [-0.4, -0.2) is 9.78 Å². The van der Waals surface area contributed by atoms with Gasteiger partial charge in [0.25, 0.3) is 0 Å². The van der Waals surface area contributed by atoms with Gasteiger partial charge >= 0.3 is 0 Å². The minimum atomic E-state index is -0.0299. The highest BCUT2D eigenvalue weighted by molar-refractivity contribution is 5.72. The molecular weight excluding hydrogens is 342 g/mol. The first-order chi connectivity index (χ1) is 13.2. The molecule has 0 radical (unpaired) electrons. The first-order valence-corrected chi connectivity index (χ1v) is 9.80. The van der Waals surface area contributed by atoms with Crippen molar-refractivity contribution in [3.05, 3.63) is 83.8 Å². The normalized spacial score (nSPS) is 11.5. The Morgan fingerprint density at radius 1 is 1.07 bits per heavy atom. The molecule has 3 aromatic rings. The quantitative estimate of drug-likeness (QED) is 0.511. The highest BCUT2D eigenvalue weighted by Crippen LogP contribution is 2.33. The summed E-state index contributed by atoms with van der Waals surface area (Å²) in [6.07, 6.45) is 4.09. The summed E-state index contributed by atoms with van der Waals surface area (Å²) in [6, 6.07) is 15.1. The van der Waals surface area contributed by atoms with E-state index in [-0.39, 0.29) is 5.54 Å². The number of anilines is 1. The van der Waals surface area contributed by atoms with Crippen LogP contribution in [0.1, 0.15) is 44.4 Å². The lowest BCUT2D eigenvalue weighted by Crippen LogP contribution is -2.22. The molecule has 0 N–H and O–H groups in total. The predicted molar refractivity (Wildman–Crippen MR) is 120 cm³/mol. The summed E-state index contributed by atoms with van der Waals surface area (Å²) in [5.74, 6) is 0. The number of hydrogen-bond acceptors (Lipinski definition) is 2. The van der Waals surface area contributed by atoms with Gasteiger partial charge in [-0.05, 0) is 69.9 Å². The molecule has 0 aliphatic heterocycles. The molecule has 0 bridgehead atoms. The van der Waals surface area contributed by atoms with Crippen molar-refractivity contribution in [1.82, 2.24) is 9.78 Å². The molecule has 1 aromatic heterocycles. The van der Waals surface area contributed by atoms with Crippen molar-refractivity contribution in [2.45, 2.75) is 53.6 Å². The van der Waals surface area contributed by atoms with Gasteiger partial charge in [-0.3, -0.25) is 4.68 Å². The van der Waals surface area contributed by atoms with Crippen molar-refractivity contribution in [3.63, 3.8) is 0 Å². The maximum atomic E-state index is 4.58. The lowest BCUT2D eigenvalue weighted by molar-refractivity contribution is 0.355. The molecule has 0 spiro atoms. The lowest BCUT2D eigenvalue weighted by atomic mass is 9.99. The van der Waals surface area contributed by atoms with Gasteiger partial charge in [-0.2, -0.15) is 5.10 Å². The number of hydrogen-bond donors (Lipinski definition) is 0. The van der Waals surface area contributed by atoms with E-state index in [9.17, 15) is 0 Å². The summed E-state index contributed by atoms with van der Waals surface area (Å²) in [5.41, 5.74) is 8.37. The van der Waals surface area contributed by atoms with Crippen LogP contribution in [0.4, 0.5) is 5.69 Å². The minimum absolute atomic E-state index is 0.0299. The molecule has 3 heteroatoms. The fraction of sp³-hybridized carbons (Fsp3) is 0.320. The van der Waals surface area contributed by atoms with Crippen molar-refractivity contribution in [2.24, 2.45) is 0 Å². The van der Waals surface area contributed by atoms with Crippen LogP contribution in [0.15, 0.2) is 67.1 Å². The molecule has 146 valence electrons. The molecule has 3 nitrogen and oxygen atoms in total. The summed E-state index contributed by atoms with van der Waals surface area (Å²) in [7, 11) is 0. The summed E-state index contributed by atoms with van der Waals surface area (Å²) < 4.78 is 2.03. The number of nitrogens with zero attached hydrogens (tertiary/aromatic N) is 3. The number of benzene rings is 2. The number of aryl methyl sites for hydroxylation is 1. The molecule has 0 atom stereocenters. The van der Waals surface area contributed by atoms with Crippen molar-refractivity contribution >= 4 is 5.69 Å². The number of rotatable bonds is 5. The van der Waals surface area contributed by atoms with Crippen LogP contribution >= 0.6 is 0 Å². The zero-order chi connectivity index (χ0) is 20.5. The van der Waals surface area contributed by atoms with Crippen LogP contribution < -0.4 is 4.90 Å². The van der Waals surface area contributed by atoms with Crippen LogP contribution in [0.25, 0.3) is 11.1 Å². The Balaban J connectivity index is 2.05. The van der Waals surface area contributed by atoms with E-state index < -0.39 is 0 Å². The summed E-state index contributed by atoms with van der Waals surface area (Å²) in [6.45, 7) is 18.0. The summed E-state index contributed by atoms with van der Waals surface area (Å²) >= 11 is 0. The first-order valence-electron chi connectivity index (χ1n) is 9.80. The third kappa shape index (κ3) is 4.19. The molecule has 0 saturated carbocycles. The van der Waals surface area contributed by atoms with Crippen LogP contribution in [0.3, 0.4) is 0 Å². The Kier molecular flexibility index (Phi) is 5.46. The van der Waals surface area contributed by atoms with Crippen LogP contribution in [0, 0.1) is 13.8 Å². The second kappa shape index (κ2) is 7.67. The van der Waals surface area contributed by atoms with E-state index in [1.54, 1.807) is 0 Å². The van der Waals surface area contributed by atoms with E-state index in [1.165, 1.54) is 27.9 Å². The van der Waals surface area contributed by atoms with Crippen molar-refractivity contribution in [1.29, 1.82) is 0 Å². The highest BCUT2D eigenvalue weighted by Gasteiger charge is 2.17. The Morgan fingerprint density at radius 2 is 1.75 bits per heavy atom. The maximum Gasteiger partial charge on any atom is 0.0568 e. The fourth-order valence-corrected chi connectivity index (χ4v) is 3.32. The van der Waals surface area contributed by atoms with Gasteiger partial charge in [0.2, 0.25) is 0 Å². The van der Waals surface area contributed by atoms with Gasteiger partial charge in [0.15, 0.2) is 0 Å².